The van der Waals surface area contributed by atoms with Crippen LogP contribution in [0.15, 0.2) is 0 Å². The molecule has 0 fully saturated rings. The molecule has 3 nitrogen and oxygen atoms in total. The molecule has 0 saturated carbocycles. The highest BCUT2D eigenvalue weighted by molar-refractivity contribution is 7.85. The van der Waals surface area contributed by atoms with Crippen LogP contribution in [0.3, 0.4) is 0 Å². The van der Waals surface area contributed by atoms with Crippen molar-refractivity contribution in [1.29, 1.82) is 0 Å². The van der Waals surface area contributed by atoms with Crippen LogP contribution in [0, 0.1) is 11.8 Å². The maximum atomic E-state index is 10.5. The molecule has 0 amide bonds. The Labute approximate surface area is 87.0 Å². The average Bonchev–Trinajstić information content (AvgIpc) is 2.08. The maximum absolute atomic E-state index is 10.5. The molecule has 0 radical (unpaired) electrons. The van der Waals surface area contributed by atoms with Crippen molar-refractivity contribution in [1.82, 2.24) is 0 Å². The summed E-state index contributed by atoms with van der Waals surface area (Å²) in [6, 6.07) is 0. The maximum Gasteiger partial charge on any atom is 0.265 e. The van der Waals surface area contributed by atoms with Crippen LogP contribution >= 0.6 is 0 Å². The van der Waals surface area contributed by atoms with E-state index in [1.807, 2.05) is 0 Å². The van der Waals surface area contributed by atoms with E-state index in [9.17, 15) is 8.42 Å². The van der Waals surface area contributed by atoms with E-state index < -0.39 is 10.1 Å². The van der Waals surface area contributed by atoms with Crippen molar-refractivity contribution in [3.8, 4) is 11.8 Å². The smallest absolute Gasteiger partial charge is 0.257 e. The zero-order chi connectivity index (χ0) is 10.9. The second kappa shape index (κ2) is 7.84. The summed E-state index contributed by atoms with van der Waals surface area (Å²) in [6.07, 6.45) is 6.58. The molecule has 0 atom stereocenters. The minimum absolute atomic E-state index is 0.0212. The van der Waals surface area contributed by atoms with Gasteiger partial charge in [-0.1, -0.05) is 32.1 Å². The SMILES string of the molecule is CCCCCCC#CCOS(C)(=O)=O. The third-order valence-electron chi connectivity index (χ3n) is 1.63. The molecule has 0 saturated heterocycles. The zero-order valence-electron chi connectivity index (χ0n) is 8.88. The van der Waals surface area contributed by atoms with E-state index in [4.69, 9.17) is 0 Å². The van der Waals surface area contributed by atoms with Crippen LogP contribution < -0.4 is 0 Å². The molecular weight excluding hydrogens is 200 g/mol. The Morgan fingerprint density at radius 1 is 1.14 bits per heavy atom. The molecule has 14 heavy (non-hydrogen) atoms. The van der Waals surface area contributed by atoms with Gasteiger partial charge in [0.1, 0.15) is 6.61 Å². The minimum Gasteiger partial charge on any atom is -0.257 e. The lowest BCUT2D eigenvalue weighted by atomic mass is 10.2. The molecule has 0 aliphatic carbocycles. The first kappa shape index (κ1) is 13.5. The van der Waals surface area contributed by atoms with Gasteiger partial charge in [0, 0.05) is 6.42 Å². The van der Waals surface area contributed by atoms with Crippen LogP contribution in [-0.2, 0) is 14.3 Å². The van der Waals surface area contributed by atoms with Crippen molar-refractivity contribution >= 4 is 10.1 Å². The van der Waals surface area contributed by atoms with Crippen molar-refractivity contribution in [3.63, 3.8) is 0 Å². The summed E-state index contributed by atoms with van der Waals surface area (Å²) in [5.74, 6) is 5.54. The van der Waals surface area contributed by atoms with E-state index in [1.54, 1.807) is 0 Å². The van der Waals surface area contributed by atoms with Crippen molar-refractivity contribution in [3.05, 3.63) is 0 Å². The summed E-state index contributed by atoms with van der Waals surface area (Å²) >= 11 is 0. The summed E-state index contributed by atoms with van der Waals surface area (Å²) in [5, 5.41) is 0. The molecule has 0 N–H and O–H groups in total. The Hall–Kier alpha value is -0.530. The first-order valence-corrected chi connectivity index (χ1v) is 6.68. The van der Waals surface area contributed by atoms with Crippen LogP contribution in [0.4, 0.5) is 0 Å². The highest BCUT2D eigenvalue weighted by Gasteiger charge is 1.96. The fourth-order valence-corrected chi connectivity index (χ4v) is 1.19. The van der Waals surface area contributed by atoms with Gasteiger partial charge in [0.25, 0.3) is 10.1 Å². The summed E-state index contributed by atoms with van der Waals surface area (Å²) in [7, 11) is -3.33. The predicted molar refractivity (Wildman–Crippen MR) is 57.3 cm³/mol. The standard InChI is InChI=1S/C10H18O3S/c1-3-4-5-6-7-8-9-10-13-14(2,11)12/h3-7,10H2,1-2H3. The summed E-state index contributed by atoms with van der Waals surface area (Å²) in [4.78, 5) is 0. The molecular formula is C10H18O3S. The quantitative estimate of drug-likeness (QED) is 0.389. The summed E-state index contributed by atoms with van der Waals surface area (Å²) in [6.45, 7) is 2.14. The lowest BCUT2D eigenvalue weighted by Crippen LogP contribution is -2.02. The molecule has 0 heterocycles. The highest BCUT2D eigenvalue weighted by atomic mass is 32.2. The molecule has 0 aliphatic rings. The van der Waals surface area contributed by atoms with E-state index in [2.05, 4.69) is 22.9 Å². The Kier molecular flexibility index (Phi) is 7.54. The summed E-state index contributed by atoms with van der Waals surface area (Å²) < 4.78 is 25.5. The van der Waals surface area contributed by atoms with Gasteiger partial charge >= 0.3 is 0 Å². The molecule has 0 bridgehead atoms. The first-order valence-electron chi connectivity index (χ1n) is 4.86. The number of rotatable bonds is 6. The molecule has 0 aromatic carbocycles. The van der Waals surface area contributed by atoms with Gasteiger partial charge in [0.2, 0.25) is 0 Å². The van der Waals surface area contributed by atoms with Crippen LogP contribution in [0.5, 0.6) is 0 Å². The van der Waals surface area contributed by atoms with Crippen molar-refractivity contribution < 1.29 is 12.6 Å². The van der Waals surface area contributed by atoms with Crippen LogP contribution in [-0.4, -0.2) is 21.3 Å². The molecule has 0 rings (SSSR count). The van der Waals surface area contributed by atoms with Gasteiger partial charge in [0.05, 0.1) is 6.26 Å². The Morgan fingerprint density at radius 2 is 1.86 bits per heavy atom. The summed E-state index contributed by atoms with van der Waals surface area (Å²) in [5.41, 5.74) is 0. The minimum atomic E-state index is -3.33. The number of unbranched alkanes of at least 4 members (excludes halogenated alkanes) is 4. The lowest BCUT2D eigenvalue weighted by Gasteiger charge is -1.93. The Morgan fingerprint density at radius 3 is 2.43 bits per heavy atom. The highest BCUT2D eigenvalue weighted by Crippen LogP contribution is 2.00. The van der Waals surface area contributed by atoms with Gasteiger partial charge in [-0.15, -0.1) is 5.92 Å². The van der Waals surface area contributed by atoms with Gasteiger partial charge in [-0.25, -0.2) is 0 Å². The zero-order valence-corrected chi connectivity index (χ0v) is 9.69. The normalized spacial score (nSPS) is 10.7. The molecule has 0 unspecified atom stereocenters. The number of hydrogen-bond donors (Lipinski definition) is 0. The van der Waals surface area contributed by atoms with Crippen LogP contribution in [0.1, 0.15) is 39.0 Å². The molecule has 4 heteroatoms. The monoisotopic (exact) mass is 218 g/mol. The Balaban J connectivity index is 3.36. The second-order valence-electron chi connectivity index (χ2n) is 3.13. The first-order chi connectivity index (χ1) is 6.56. The number of hydrogen-bond acceptors (Lipinski definition) is 3. The molecule has 0 aliphatic heterocycles. The average molecular weight is 218 g/mol. The topological polar surface area (TPSA) is 43.4 Å². The van der Waals surface area contributed by atoms with Gasteiger partial charge in [0.15, 0.2) is 0 Å². The Bertz CT molecular complexity index is 282. The predicted octanol–water partition coefficient (Wildman–Crippen LogP) is 1.94. The molecule has 82 valence electrons. The molecule has 0 aromatic rings. The molecule has 0 spiro atoms. The van der Waals surface area contributed by atoms with Crippen LogP contribution in [0.25, 0.3) is 0 Å². The van der Waals surface area contributed by atoms with Crippen molar-refractivity contribution in [2.24, 2.45) is 0 Å². The fourth-order valence-electron chi connectivity index (χ4n) is 0.916. The molecule has 0 aromatic heterocycles. The largest absolute Gasteiger partial charge is 0.265 e. The lowest BCUT2D eigenvalue weighted by molar-refractivity contribution is 0.367. The van der Waals surface area contributed by atoms with Gasteiger partial charge in [-0.2, -0.15) is 8.42 Å². The third kappa shape index (κ3) is 11.5. The van der Waals surface area contributed by atoms with E-state index >= 15 is 0 Å². The third-order valence-corrected chi connectivity index (χ3v) is 2.17. The van der Waals surface area contributed by atoms with E-state index in [0.717, 1.165) is 19.1 Å². The van der Waals surface area contributed by atoms with E-state index in [-0.39, 0.29) is 6.61 Å². The van der Waals surface area contributed by atoms with Crippen LogP contribution in [0.2, 0.25) is 0 Å². The van der Waals surface area contributed by atoms with Crippen molar-refractivity contribution in [2.45, 2.75) is 39.0 Å². The van der Waals surface area contributed by atoms with Gasteiger partial charge < -0.3 is 0 Å². The van der Waals surface area contributed by atoms with Gasteiger partial charge in [-0.3, -0.25) is 4.18 Å². The van der Waals surface area contributed by atoms with E-state index in [0.29, 0.717) is 0 Å². The van der Waals surface area contributed by atoms with Crippen molar-refractivity contribution in [2.75, 3.05) is 12.9 Å². The fraction of sp³-hybridized carbons (Fsp3) is 0.800. The second-order valence-corrected chi connectivity index (χ2v) is 4.77. The van der Waals surface area contributed by atoms with Gasteiger partial charge in [-0.05, 0) is 6.42 Å². The van der Waals surface area contributed by atoms with E-state index in [1.165, 1.54) is 19.3 Å².